The minimum Gasteiger partial charge on any atom is -0.454 e. The number of hydrogen-bond acceptors (Lipinski definition) is 3. The summed E-state index contributed by atoms with van der Waals surface area (Å²) in [5.41, 5.74) is -0.0539. The van der Waals surface area contributed by atoms with Gasteiger partial charge in [0.25, 0.3) is 0 Å². The fourth-order valence-corrected chi connectivity index (χ4v) is 1.82. The molecule has 114 valence electrons. The van der Waals surface area contributed by atoms with E-state index >= 15 is 0 Å². The highest BCUT2D eigenvalue weighted by Gasteiger charge is 2.19. The van der Waals surface area contributed by atoms with Gasteiger partial charge in [-0.25, -0.2) is 0 Å². The Labute approximate surface area is 130 Å². The number of benzene rings is 2. The SMILES string of the molecule is C=C(Oc1ccc(Cl)cc1)C(=O)c1ccccc1OC(F)F. The van der Waals surface area contributed by atoms with Crippen LogP contribution in [0.4, 0.5) is 8.78 Å². The Morgan fingerprint density at radius 2 is 1.73 bits per heavy atom. The lowest BCUT2D eigenvalue weighted by Crippen LogP contribution is -2.12. The number of allylic oxidation sites excluding steroid dienone is 1. The molecule has 0 atom stereocenters. The summed E-state index contributed by atoms with van der Waals surface area (Å²) in [6, 6.07) is 11.9. The summed E-state index contributed by atoms with van der Waals surface area (Å²) in [5.74, 6) is -0.739. The van der Waals surface area contributed by atoms with Crippen molar-refractivity contribution in [2.45, 2.75) is 6.61 Å². The zero-order valence-electron chi connectivity index (χ0n) is 11.3. The molecule has 22 heavy (non-hydrogen) atoms. The van der Waals surface area contributed by atoms with Crippen LogP contribution in [0, 0.1) is 0 Å². The molecule has 0 aliphatic heterocycles. The maximum atomic E-state index is 12.3. The Morgan fingerprint density at radius 3 is 2.36 bits per heavy atom. The van der Waals surface area contributed by atoms with Gasteiger partial charge in [-0.1, -0.05) is 30.3 Å². The molecule has 3 nitrogen and oxygen atoms in total. The minimum absolute atomic E-state index is 0.0539. The Kier molecular flexibility index (Phi) is 5.12. The van der Waals surface area contributed by atoms with E-state index in [2.05, 4.69) is 11.3 Å². The first-order chi connectivity index (χ1) is 10.5. The smallest absolute Gasteiger partial charge is 0.387 e. The van der Waals surface area contributed by atoms with E-state index in [-0.39, 0.29) is 17.1 Å². The highest BCUT2D eigenvalue weighted by molar-refractivity contribution is 6.30. The first-order valence-corrected chi connectivity index (χ1v) is 6.56. The van der Waals surface area contributed by atoms with E-state index in [1.54, 1.807) is 24.3 Å². The number of para-hydroxylation sites is 1. The number of alkyl halides is 2. The molecule has 6 heteroatoms. The van der Waals surface area contributed by atoms with E-state index in [0.717, 1.165) is 0 Å². The van der Waals surface area contributed by atoms with Crippen LogP contribution >= 0.6 is 11.6 Å². The van der Waals surface area contributed by atoms with Crippen molar-refractivity contribution < 1.29 is 23.0 Å². The molecule has 0 spiro atoms. The quantitative estimate of drug-likeness (QED) is 0.438. The predicted molar refractivity (Wildman–Crippen MR) is 78.6 cm³/mol. The average molecular weight is 325 g/mol. The summed E-state index contributed by atoms with van der Waals surface area (Å²) in [4.78, 5) is 12.2. The van der Waals surface area contributed by atoms with Gasteiger partial charge in [0.15, 0.2) is 5.76 Å². The number of ketones is 1. The number of Topliss-reactive ketones (excluding diaryl/α,β-unsaturated/α-hetero) is 1. The van der Waals surface area contributed by atoms with E-state index in [1.165, 1.54) is 24.3 Å². The molecule has 0 aliphatic rings. The topological polar surface area (TPSA) is 35.5 Å². The second-order valence-corrected chi connectivity index (χ2v) is 4.62. The van der Waals surface area contributed by atoms with Gasteiger partial charge in [0.1, 0.15) is 11.5 Å². The van der Waals surface area contributed by atoms with Gasteiger partial charge in [-0.2, -0.15) is 8.78 Å². The van der Waals surface area contributed by atoms with Crippen molar-refractivity contribution in [2.75, 3.05) is 0 Å². The number of rotatable bonds is 6. The van der Waals surface area contributed by atoms with E-state index in [4.69, 9.17) is 16.3 Å². The molecule has 0 fully saturated rings. The van der Waals surface area contributed by atoms with Crippen LogP contribution < -0.4 is 9.47 Å². The third-order valence-electron chi connectivity index (χ3n) is 2.66. The van der Waals surface area contributed by atoms with Gasteiger partial charge in [0.05, 0.1) is 5.56 Å². The predicted octanol–water partition coefficient (Wildman–Crippen LogP) is 4.72. The maximum absolute atomic E-state index is 12.3. The Hall–Kier alpha value is -2.40. The molecule has 0 unspecified atom stereocenters. The molecule has 0 saturated heterocycles. The zero-order valence-corrected chi connectivity index (χ0v) is 12.0. The number of ether oxygens (including phenoxy) is 2. The number of hydrogen-bond donors (Lipinski definition) is 0. The average Bonchev–Trinajstić information content (AvgIpc) is 2.49. The van der Waals surface area contributed by atoms with E-state index in [9.17, 15) is 13.6 Å². The molecule has 0 aliphatic carbocycles. The molecule has 0 amide bonds. The van der Waals surface area contributed by atoms with Crippen LogP contribution in [0.15, 0.2) is 60.9 Å². The Balaban J connectivity index is 2.17. The normalized spacial score (nSPS) is 10.4. The molecule has 0 radical (unpaired) electrons. The summed E-state index contributed by atoms with van der Waals surface area (Å²) in [5, 5.41) is 0.514. The summed E-state index contributed by atoms with van der Waals surface area (Å²) < 4.78 is 34.3. The lowest BCUT2D eigenvalue weighted by Gasteiger charge is -2.11. The van der Waals surface area contributed by atoms with E-state index in [0.29, 0.717) is 10.8 Å². The number of halogens is 3. The monoisotopic (exact) mass is 324 g/mol. The third kappa shape index (κ3) is 4.05. The summed E-state index contributed by atoms with van der Waals surface area (Å²) in [7, 11) is 0. The summed E-state index contributed by atoms with van der Waals surface area (Å²) in [6.45, 7) is 0.493. The van der Waals surface area contributed by atoms with Crippen LogP contribution in [0.5, 0.6) is 11.5 Å². The fraction of sp³-hybridized carbons (Fsp3) is 0.0625. The fourth-order valence-electron chi connectivity index (χ4n) is 1.69. The van der Waals surface area contributed by atoms with Crippen molar-refractivity contribution in [3.05, 3.63) is 71.5 Å². The highest BCUT2D eigenvalue weighted by atomic mass is 35.5. The van der Waals surface area contributed by atoms with E-state index < -0.39 is 12.4 Å². The van der Waals surface area contributed by atoms with Crippen molar-refractivity contribution in [1.82, 2.24) is 0 Å². The van der Waals surface area contributed by atoms with Crippen LogP contribution in [0.3, 0.4) is 0 Å². The number of carbonyl (C=O) groups is 1. The lowest BCUT2D eigenvalue weighted by molar-refractivity contribution is -0.0501. The van der Waals surface area contributed by atoms with Crippen LogP contribution in [-0.4, -0.2) is 12.4 Å². The lowest BCUT2D eigenvalue weighted by atomic mass is 10.1. The summed E-state index contributed by atoms with van der Waals surface area (Å²) in [6.07, 6.45) is 0. The molecule has 0 bridgehead atoms. The van der Waals surface area contributed by atoms with E-state index in [1.807, 2.05) is 0 Å². The first-order valence-electron chi connectivity index (χ1n) is 6.18. The molecule has 0 heterocycles. The number of carbonyl (C=O) groups excluding carboxylic acids is 1. The molecular weight excluding hydrogens is 314 g/mol. The van der Waals surface area contributed by atoms with Crippen molar-refractivity contribution in [2.24, 2.45) is 0 Å². The second kappa shape index (κ2) is 7.04. The standard InChI is InChI=1S/C16H11ClF2O3/c1-10(21-12-8-6-11(17)7-9-12)15(20)13-4-2-3-5-14(13)22-16(18)19/h2-9,16H,1H2. The Bertz CT molecular complexity index is 684. The molecule has 2 rings (SSSR count). The molecule has 2 aromatic carbocycles. The minimum atomic E-state index is -3.03. The summed E-state index contributed by atoms with van der Waals surface area (Å²) >= 11 is 5.74. The first kappa shape index (κ1) is 16.0. The molecule has 0 N–H and O–H groups in total. The van der Waals surface area contributed by atoms with Crippen LogP contribution in [0.25, 0.3) is 0 Å². The van der Waals surface area contributed by atoms with Crippen molar-refractivity contribution in [3.63, 3.8) is 0 Å². The van der Waals surface area contributed by atoms with Crippen LogP contribution in [-0.2, 0) is 0 Å². The van der Waals surface area contributed by atoms with Gasteiger partial charge in [-0.3, -0.25) is 4.79 Å². The molecule has 0 saturated carbocycles. The van der Waals surface area contributed by atoms with Gasteiger partial charge in [0.2, 0.25) is 5.78 Å². The van der Waals surface area contributed by atoms with Crippen LogP contribution in [0.1, 0.15) is 10.4 Å². The molecular formula is C16H11ClF2O3. The molecule has 0 aromatic heterocycles. The van der Waals surface area contributed by atoms with Crippen molar-refractivity contribution in [3.8, 4) is 11.5 Å². The van der Waals surface area contributed by atoms with Gasteiger partial charge in [-0.05, 0) is 36.4 Å². The maximum Gasteiger partial charge on any atom is 0.387 e. The highest BCUT2D eigenvalue weighted by Crippen LogP contribution is 2.24. The molecule has 2 aromatic rings. The third-order valence-corrected chi connectivity index (χ3v) is 2.91. The zero-order chi connectivity index (χ0) is 16.1. The second-order valence-electron chi connectivity index (χ2n) is 4.18. The largest absolute Gasteiger partial charge is 0.454 e. The van der Waals surface area contributed by atoms with Crippen molar-refractivity contribution >= 4 is 17.4 Å². The van der Waals surface area contributed by atoms with Gasteiger partial charge >= 0.3 is 6.61 Å². The van der Waals surface area contributed by atoms with Crippen molar-refractivity contribution in [1.29, 1.82) is 0 Å². The van der Waals surface area contributed by atoms with Gasteiger partial charge in [-0.15, -0.1) is 0 Å². The van der Waals surface area contributed by atoms with Gasteiger partial charge < -0.3 is 9.47 Å². The Morgan fingerprint density at radius 1 is 1.09 bits per heavy atom. The van der Waals surface area contributed by atoms with Crippen LogP contribution in [0.2, 0.25) is 5.02 Å². The van der Waals surface area contributed by atoms with Gasteiger partial charge in [0, 0.05) is 5.02 Å².